The first-order valence-corrected chi connectivity index (χ1v) is 12.2. The van der Waals surface area contributed by atoms with Crippen LogP contribution in [0.4, 0.5) is 11.4 Å². The van der Waals surface area contributed by atoms with Crippen LogP contribution in [0.5, 0.6) is 0 Å². The molecule has 0 spiro atoms. The number of fused-ring (bicyclic) bond motifs is 1. The van der Waals surface area contributed by atoms with E-state index >= 15 is 0 Å². The minimum Gasteiger partial charge on any atom is -0.368 e. The fourth-order valence-corrected chi connectivity index (χ4v) is 5.79. The lowest BCUT2D eigenvalue weighted by Crippen LogP contribution is -2.48. The molecule has 31 heavy (non-hydrogen) atoms. The Morgan fingerprint density at radius 2 is 1.71 bits per heavy atom. The molecule has 2 aromatic rings. The van der Waals surface area contributed by atoms with E-state index in [0.29, 0.717) is 13.1 Å². The number of nitrogens with zero attached hydrogens (tertiary/aromatic N) is 4. The lowest BCUT2D eigenvalue weighted by atomic mass is 10.0. The summed E-state index contributed by atoms with van der Waals surface area (Å²) in [5.74, 6) is 0.116. The maximum absolute atomic E-state index is 13.3. The third kappa shape index (κ3) is 4.55. The van der Waals surface area contributed by atoms with Gasteiger partial charge < -0.3 is 9.80 Å². The van der Waals surface area contributed by atoms with E-state index in [9.17, 15) is 13.2 Å². The zero-order valence-corrected chi connectivity index (χ0v) is 19.0. The number of benzene rings is 2. The van der Waals surface area contributed by atoms with Crippen LogP contribution < -0.4 is 9.21 Å². The van der Waals surface area contributed by atoms with Crippen molar-refractivity contribution in [3.05, 3.63) is 59.7 Å². The molecule has 2 aliphatic heterocycles. The summed E-state index contributed by atoms with van der Waals surface area (Å²) < 4.78 is 29.7. The fourth-order valence-electron chi connectivity index (χ4n) is 4.36. The van der Waals surface area contributed by atoms with Crippen molar-refractivity contribution >= 4 is 27.5 Å². The average molecular weight is 443 g/mol. The van der Waals surface area contributed by atoms with Crippen molar-refractivity contribution < 1.29 is 13.2 Å². The van der Waals surface area contributed by atoms with Crippen molar-refractivity contribution in [2.75, 3.05) is 49.0 Å². The molecule has 0 aromatic heterocycles. The minimum atomic E-state index is -3.62. The van der Waals surface area contributed by atoms with Gasteiger partial charge in [0.05, 0.1) is 5.69 Å². The van der Waals surface area contributed by atoms with Crippen molar-refractivity contribution in [2.24, 2.45) is 0 Å². The molecule has 2 heterocycles. The maximum Gasteiger partial charge on any atom is 0.304 e. The van der Waals surface area contributed by atoms with Crippen LogP contribution in [0.15, 0.2) is 48.5 Å². The first-order chi connectivity index (χ1) is 14.9. The number of carbonyl (C=O) groups excluding carboxylic acids is 1. The van der Waals surface area contributed by atoms with Crippen LogP contribution in [0.1, 0.15) is 24.5 Å². The number of carbonyl (C=O) groups is 1. The Hall–Kier alpha value is -2.58. The summed E-state index contributed by atoms with van der Waals surface area (Å²) >= 11 is 0. The third-order valence-electron chi connectivity index (χ3n) is 6.15. The van der Waals surface area contributed by atoms with Crippen molar-refractivity contribution in [3.8, 4) is 0 Å². The lowest BCUT2D eigenvalue weighted by Gasteiger charge is -2.37. The molecule has 0 radical (unpaired) electrons. The molecule has 0 unspecified atom stereocenters. The second-order valence-corrected chi connectivity index (χ2v) is 10.2. The highest BCUT2D eigenvalue weighted by Gasteiger charge is 2.31. The quantitative estimate of drug-likeness (QED) is 0.714. The van der Waals surface area contributed by atoms with E-state index < -0.39 is 10.2 Å². The van der Waals surface area contributed by atoms with Gasteiger partial charge in [-0.1, -0.05) is 30.3 Å². The molecule has 0 N–H and O–H groups in total. The Balaban J connectivity index is 1.52. The van der Waals surface area contributed by atoms with E-state index in [1.165, 1.54) is 4.31 Å². The number of hydrogen-bond donors (Lipinski definition) is 0. The first-order valence-electron chi connectivity index (χ1n) is 10.8. The molecule has 166 valence electrons. The van der Waals surface area contributed by atoms with Crippen LogP contribution in [0.2, 0.25) is 0 Å². The molecule has 1 saturated heterocycles. The SMILES string of the molecule is CC(=O)N1CCN(c2ccc3c(c2)CCCN3S(=O)(=O)N(C)Cc2ccccc2)CC1. The smallest absolute Gasteiger partial charge is 0.304 e. The van der Waals surface area contributed by atoms with E-state index in [-0.39, 0.29) is 5.91 Å². The Bertz CT molecular complexity index is 1030. The number of amides is 1. The monoisotopic (exact) mass is 442 g/mol. The van der Waals surface area contributed by atoms with Gasteiger partial charge in [-0.25, -0.2) is 0 Å². The zero-order valence-electron chi connectivity index (χ0n) is 18.2. The van der Waals surface area contributed by atoms with E-state index in [4.69, 9.17) is 0 Å². The average Bonchev–Trinajstić information content (AvgIpc) is 2.79. The molecular weight excluding hydrogens is 412 g/mol. The predicted molar refractivity (Wildman–Crippen MR) is 123 cm³/mol. The largest absolute Gasteiger partial charge is 0.368 e. The van der Waals surface area contributed by atoms with Gasteiger partial charge in [0.15, 0.2) is 0 Å². The normalized spacial score (nSPS) is 17.1. The number of anilines is 2. The van der Waals surface area contributed by atoms with Gasteiger partial charge in [-0.15, -0.1) is 0 Å². The summed E-state index contributed by atoms with van der Waals surface area (Å²) in [4.78, 5) is 15.7. The summed E-state index contributed by atoms with van der Waals surface area (Å²) in [6.07, 6.45) is 1.66. The van der Waals surface area contributed by atoms with E-state index in [1.54, 1.807) is 18.3 Å². The van der Waals surface area contributed by atoms with Crippen LogP contribution in [0.25, 0.3) is 0 Å². The molecule has 1 amide bonds. The molecule has 0 saturated carbocycles. The van der Waals surface area contributed by atoms with Crippen LogP contribution in [0.3, 0.4) is 0 Å². The zero-order chi connectivity index (χ0) is 22.0. The highest BCUT2D eigenvalue weighted by Crippen LogP contribution is 2.34. The van der Waals surface area contributed by atoms with Gasteiger partial charge in [-0.3, -0.25) is 9.10 Å². The summed E-state index contributed by atoms with van der Waals surface area (Å²) in [6.45, 7) is 5.46. The standard InChI is InChI=1S/C23H30N4O3S/c1-19(28)25-13-15-26(16-14-25)22-10-11-23-21(17-22)9-6-12-27(23)31(29,30)24(2)18-20-7-4-3-5-8-20/h3-5,7-8,10-11,17H,6,9,12-16,18H2,1-2H3. The minimum absolute atomic E-state index is 0.116. The lowest BCUT2D eigenvalue weighted by molar-refractivity contribution is -0.129. The highest BCUT2D eigenvalue weighted by molar-refractivity contribution is 7.90. The van der Waals surface area contributed by atoms with Crippen molar-refractivity contribution in [1.29, 1.82) is 0 Å². The fraction of sp³-hybridized carbons (Fsp3) is 0.435. The van der Waals surface area contributed by atoms with Crippen LogP contribution >= 0.6 is 0 Å². The molecule has 4 rings (SSSR count). The summed E-state index contributed by atoms with van der Waals surface area (Å²) in [5.41, 5.74) is 3.90. The second-order valence-electron chi connectivity index (χ2n) is 8.23. The van der Waals surface area contributed by atoms with Gasteiger partial charge in [0, 0.05) is 58.9 Å². The van der Waals surface area contributed by atoms with Gasteiger partial charge in [0.1, 0.15) is 0 Å². The Morgan fingerprint density at radius 3 is 2.39 bits per heavy atom. The molecular formula is C23H30N4O3S. The Labute approximate surface area is 185 Å². The van der Waals surface area contributed by atoms with Gasteiger partial charge in [0.25, 0.3) is 0 Å². The van der Waals surface area contributed by atoms with Gasteiger partial charge in [-0.05, 0) is 42.2 Å². The maximum atomic E-state index is 13.3. The summed E-state index contributed by atoms with van der Waals surface area (Å²) in [7, 11) is -1.98. The van der Waals surface area contributed by atoms with Crippen LogP contribution in [-0.4, -0.2) is 63.3 Å². The van der Waals surface area contributed by atoms with Crippen molar-refractivity contribution in [2.45, 2.75) is 26.3 Å². The van der Waals surface area contributed by atoms with Gasteiger partial charge in [0.2, 0.25) is 5.91 Å². The Kier molecular flexibility index (Phi) is 6.20. The van der Waals surface area contributed by atoms with Crippen molar-refractivity contribution in [3.63, 3.8) is 0 Å². The molecule has 0 bridgehead atoms. The predicted octanol–water partition coefficient (Wildman–Crippen LogP) is 2.48. The third-order valence-corrected chi connectivity index (χ3v) is 8.00. The summed E-state index contributed by atoms with van der Waals surface area (Å²) in [6, 6.07) is 15.7. The number of rotatable bonds is 5. The number of aryl methyl sites for hydroxylation is 1. The van der Waals surface area contributed by atoms with Crippen LogP contribution in [0, 0.1) is 0 Å². The summed E-state index contributed by atoms with van der Waals surface area (Å²) in [5, 5.41) is 0. The van der Waals surface area contributed by atoms with E-state index in [1.807, 2.05) is 47.4 Å². The van der Waals surface area contributed by atoms with Gasteiger partial charge in [-0.2, -0.15) is 12.7 Å². The molecule has 2 aromatic carbocycles. The first kappa shape index (κ1) is 21.6. The van der Waals surface area contributed by atoms with E-state index in [0.717, 1.165) is 61.5 Å². The van der Waals surface area contributed by atoms with Gasteiger partial charge >= 0.3 is 10.2 Å². The molecule has 0 atom stereocenters. The topological polar surface area (TPSA) is 64.2 Å². The number of piperazine rings is 1. The van der Waals surface area contributed by atoms with E-state index in [2.05, 4.69) is 11.0 Å². The van der Waals surface area contributed by atoms with Crippen LogP contribution in [-0.2, 0) is 28.0 Å². The highest BCUT2D eigenvalue weighted by atomic mass is 32.2. The molecule has 1 fully saturated rings. The molecule has 8 heteroatoms. The molecule has 0 aliphatic carbocycles. The number of hydrogen-bond acceptors (Lipinski definition) is 4. The molecule has 7 nitrogen and oxygen atoms in total. The molecule has 2 aliphatic rings. The second kappa shape index (κ2) is 8.88. The van der Waals surface area contributed by atoms with Crippen molar-refractivity contribution in [1.82, 2.24) is 9.21 Å². The Morgan fingerprint density at radius 1 is 1.00 bits per heavy atom.